The number of hydrogen-bond acceptors (Lipinski definition) is 4. The number of aryl methyl sites for hydroxylation is 2. The van der Waals surface area contributed by atoms with Crippen molar-refractivity contribution in [2.75, 3.05) is 20.3 Å². The number of halogens is 1. The van der Waals surface area contributed by atoms with Gasteiger partial charge in [-0.05, 0) is 75.8 Å². The number of aromatic nitrogens is 3. The van der Waals surface area contributed by atoms with Gasteiger partial charge in [-0.15, -0.1) is 0 Å². The van der Waals surface area contributed by atoms with Crippen molar-refractivity contribution in [3.63, 3.8) is 0 Å². The quantitative estimate of drug-likeness (QED) is 0.521. The summed E-state index contributed by atoms with van der Waals surface area (Å²) in [6.07, 6.45) is 2.92. The second-order valence-electron chi connectivity index (χ2n) is 8.93. The number of methoxy groups -OCH3 is 1. The Morgan fingerprint density at radius 2 is 1.97 bits per heavy atom. The van der Waals surface area contributed by atoms with Gasteiger partial charge in [0.25, 0.3) is 11.5 Å². The highest BCUT2D eigenvalue weighted by Gasteiger charge is 2.22. The zero-order valence-electron chi connectivity index (χ0n) is 19.9. The van der Waals surface area contributed by atoms with E-state index in [1.54, 1.807) is 19.2 Å². The van der Waals surface area contributed by atoms with Crippen LogP contribution in [-0.4, -0.2) is 40.7 Å². The maximum Gasteiger partial charge on any atom is 0.254 e. The molecule has 1 unspecified atom stereocenters. The number of H-pyrrole nitrogens is 1. The van der Waals surface area contributed by atoms with E-state index < -0.39 is 0 Å². The standard InChI is InChI=1S/C26H31FN4O3/c1-16-14-22(17(2)31(16)12-13-34-3)25(32)28-15-18-4-10-21-23(11-5-18)29-24(30-26(21)33)19-6-8-20(27)9-7-19/h6-9,14,18H,4-5,10-13,15H2,1-3H3,(H,28,32)(H,29,30,33). The fourth-order valence-corrected chi connectivity index (χ4v) is 4.68. The van der Waals surface area contributed by atoms with E-state index in [0.717, 1.165) is 29.9 Å². The smallest absolute Gasteiger partial charge is 0.254 e. The SMILES string of the molecule is COCCn1c(C)cc(C(=O)NCC2CCc3nc(-c4ccc(F)cc4)[nH]c(=O)c3CC2)c1C. The first-order valence-corrected chi connectivity index (χ1v) is 11.7. The molecule has 8 heteroatoms. The molecule has 0 saturated heterocycles. The van der Waals surface area contributed by atoms with Crippen LogP contribution in [0.15, 0.2) is 35.1 Å². The summed E-state index contributed by atoms with van der Waals surface area (Å²) in [6, 6.07) is 7.86. The summed E-state index contributed by atoms with van der Waals surface area (Å²) in [5.41, 5.74) is 4.69. The van der Waals surface area contributed by atoms with Crippen molar-refractivity contribution in [1.82, 2.24) is 19.9 Å². The van der Waals surface area contributed by atoms with Gasteiger partial charge in [-0.25, -0.2) is 9.37 Å². The summed E-state index contributed by atoms with van der Waals surface area (Å²) in [4.78, 5) is 33.1. The van der Waals surface area contributed by atoms with Crippen molar-refractivity contribution in [2.24, 2.45) is 5.92 Å². The molecule has 0 fully saturated rings. The van der Waals surface area contributed by atoms with E-state index in [2.05, 4.69) is 19.9 Å². The minimum atomic E-state index is -0.331. The number of ether oxygens (including phenoxy) is 1. The molecular formula is C26H31FN4O3. The van der Waals surface area contributed by atoms with Gasteiger partial charge < -0.3 is 19.6 Å². The van der Waals surface area contributed by atoms with E-state index in [4.69, 9.17) is 4.74 Å². The molecule has 1 aromatic carbocycles. The third-order valence-corrected chi connectivity index (χ3v) is 6.70. The number of hydrogen-bond donors (Lipinski definition) is 2. The maximum atomic E-state index is 13.3. The Morgan fingerprint density at radius 3 is 2.71 bits per heavy atom. The minimum absolute atomic E-state index is 0.0758. The molecule has 0 spiro atoms. The topological polar surface area (TPSA) is 89.0 Å². The van der Waals surface area contributed by atoms with Crippen molar-refractivity contribution in [2.45, 2.75) is 46.1 Å². The van der Waals surface area contributed by atoms with Crippen LogP contribution in [0.5, 0.6) is 0 Å². The molecule has 1 amide bonds. The first kappa shape index (κ1) is 23.9. The van der Waals surface area contributed by atoms with Crippen LogP contribution >= 0.6 is 0 Å². The summed E-state index contributed by atoms with van der Waals surface area (Å²) < 4.78 is 20.5. The van der Waals surface area contributed by atoms with E-state index in [1.165, 1.54) is 12.1 Å². The maximum absolute atomic E-state index is 13.3. The Hall–Kier alpha value is -3.26. The molecule has 2 N–H and O–H groups in total. The Morgan fingerprint density at radius 1 is 1.24 bits per heavy atom. The van der Waals surface area contributed by atoms with Crippen LogP contribution in [0, 0.1) is 25.6 Å². The monoisotopic (exact) mass is 466 g/mol. The van der Waals surface area contributed by atoms with Gasteiger partial charge >= 0.3 is 0 Å². The zero-order valence-corrected chi connectivity index (χ0v) is 19.9. The van der Waals surface area contributed by atoms with E-state index in [0.29, 0.717) is 55.1 Å². The lowest BCUT2D eigenvalue weighted by molar-refractivity contribution is 0.0945. The van der Waals surface area contributed by atoms with Gasteiger partial charge in [-0.1, -0.05) is 0 Å². The molecule has 34 heavy (non-hydrogen) atoms. The molecule has 1 aliphatic carbocycles. The number of carbonyl (C=O) groups excluding carboxylic acids is 1. The molecule has 7 nitrogen and oxygen atoms in total. The fraction of sp³-hybridized carbons (Fsp3) is 0.423. The van der Waals surface area contributed by atoms with Crippen LogP contribution in [0.25, 0.3) is 11.4 Å². The lowest BCUT2D eigenvalue weighted by Crippen LogP contribution is -2.30. The predicted molar refractivity (Wildman–Crippen MR) is 128 cm³/mol. The van der Waals surface area contributed by atoms with Crippen LogP contribution in [0.3, 0.4) is 0 Å². The zero-order chi connectivity index (χ0) is 24.2. The molecule has 4 rings (SSSR count). The lowest BCUT2D eigenvalue weighted by atomic mass is 9.99. The van der Waals surface area contributed by atoms with Gasteiger partial charge in [-0.3, -0.25) is 9.59 Å². The van der Waals surface area contributed by atoms with E-state index in [1.807, 2.05) is 19.9 Å². The van der Waals surface area contributed by atoms with Crippen LogP contribution in [0.1, 0.15) is 45.8 Å². The van der Waals surface area contributed by atoms with Crippen LogP contribution in [-0.2, 0) is 24.1 Å². The molecule has 1 atom stereocenters. The second kappa shape index (κ2) is 10.3. The molecule has 3 aromatic rings. The van der Waals surface area contributed by atoms with Crippen molar-refractivity contribution < 1.29 is 13.9 Å². The second-order valence-corrected chi connectivity index (χ2v) is 8.93. The van der Waals surface area contributed by atoms with E-state index in [-0.39, 0.29) is 23.2 Å². The third-order valence-electron chi connectivity index (χ3n) is 6.70. The Balaban J connectivity index is 1.41. The van der Waals surface area contributed by atoms with Gasteiger partial charge in [0.05, 0.1) is 17.9 Å². The largest absolute Gasteiger partial charge is 0.383 e. The normalized spacial score (nSPS) is 15.6. The first-order valence-electron chi connectivity index (χ1n) is 11.7. The third kappa shape index (κ3) is 5.12. The summed E-state index contributed by atoms with van der Waals surface area (Å²) in [5, 5.41) is 3.09. The summed E-state index contributed by atoms with van der Waals surface area (Å²) in [7, 11) is 1.67. The first-order chi connectivity index (χ1) is 16.4. The predicted octanol–water partition coefficient (Wildman–Crippen LogP) is 3.57. The number of benzene rings is 1. The van der Waals surface area contributed by atoms with Crippen molar-refractivity contribution in [1.29, 1.82) is 0 Å². The van der Waals surface area contributed by atoms with Gasteiger partial charge in [0.2, 0.25) is 0 Å². The molecular weight excluding hydrogens is 435 g/mol. The van der Waals surface area contributed by atoms with Crippen LogP contribution < -0.4 is 10.9 Å². The minimum Gasteiger partial charge on any atom is -0.383 e. The highest BCUT2D eigenvalue weighted by atomic mass is 19.1. The fourth-order valence-electron chi connectivity index (χ4n) is 4.68. The van der Waals surface area contributed by atoms with Gasteiger partial charge in [0.15, 0.2) is 0 Å². The van der Waals surface area contributed by atoms with Crippen molar-refractivity contribution >= 4 is 5.91 Å². The van der Waals surface area contributed by atoms with Gasteiger partial charge in [0, 0.05) is 42.7 Å². The van der Waals surface area contributed by atoms with Crippen LogP contribution in [0.2, 0.25) is 0 Å². The number of aromatic amines is 1. The summed E-state index contributed by atoms with van der Waals surface area (Å²) in [5.74, 6) is 0.305. The molecule has 0 bridgehead atoms. The Bertz CT molecular complexity index is 1230. The summed E-state index contributed by atoms with van der Waals surface area (Å²) in [6.45, 7) is 5.81. The number of amides is 1. The van der Waals surface area contributed by atoms with Gasteiger partial charge in [-0.2, -0.15) is 0 Å². The number of fused-ring (bicyclic) bond motifs is 1. The van der Waals surface area contributed by atoms with Crippen molar-refractivity contribution in [3.05, 3.63) is 74.7 Å². The van der Waals surface area contributed by atoms with Crippen molar-refractivity contribution in [3.8, 4) is 11.4 Å². The number of nitrogens with one attached hydrogen (secondary N) is 2. The molecule has 0 saturated carbocycles. The van der Waals surface area contributed by atoms with Gasteiger partial charge in [0.1, 0.15) is 11.6 Å². The lowest BCUT2D eigenvalue weighted by Gasteiger charge is -2.15. The number of carbonyl (C=O) groups is 1. The molecule has 0 radical (unpaired) electrons. The number of rotatable bonds is 7. The Kier molecular flexibility index (Phi) is 7.26. The summed E-state index contributed by atoms with van der Waals surface area (Å²) >= 11 is 0. The molecule has 2 aromatic heterocycles. The average Bonchev–Trinajstić information content (AvgIpc) is 2.97. The molecule has 2 heterocycles. The molecule has 180 valence electrons. The Labute approximate surface area is 198 Å². The van der Waals surface area contributed by atoms with E-state index >= 15 is 0 Å². The average molecular weight is 467 g/mol. The molecule has 1 aliphatic rings. The van der Waals surface area contributed by atoms with Crippen LogP contribution in [0.4, 0.5) is 4.39 Å². The van der Waals surface area contributed by atoms with E-state index in [9.17, 15) is 14.0 Å². The highest BCUT2D eigenvalue weighted by molar-refractivity contribution is 5.95. The highest BCUT2D eigenvalue weighted by Crippen LogP contribution is 2.24. The molecule has 0 aliphatic heterocycles. The number of nitrogens with zero attached hydrogens (tertiary/aromatic N) is 2.